The Kier molecular flexibility index (Phi) is 4.87. The zero-order valence-corrected chi connectivity index (χ0v) is 11.7. The van der Waals surface area contributed by atoms with Crippen LogP contribution in [0.1, 0.15) is 56.3 Å². The molecule has 4 nitrogen and oxygen atoms in total. The van der Waals surface area contributed by atoms with Crippen LogP contribution in [0.4, 0.5) is 5.82 Å². The summed E-state index contributed by atoms with van der Waals surface area (Å²) < 4.78 is 5.39. The topological polar surface area (TPSA) is 47.0 Å². The Morgan fingerprint density at radius 2 is 1.94 bits per heavy atom. The molecule has 0 spiro atoms. The van der Waals surface area contributed by atoms with Crippen LogP contribution in [0.25, 0.3) is 0 Å². The average Bonchev–Trinajstić information content (AvgIpc) is 2.29. The highest BCUT2D eigenvalue weighted by atomic mass is 16.5. The van der Waals surface area contributed by atoms with Crippen LogP contribution in [0.15, 0.2) is 0 Å². The van der Waals surface area contributed by atoms with Crippen molar-refractivity contribution in [2.75, 3.05) is 19.5 Å². The van der Waals surface area contributed by atoms with Crippen molar-refractivity contribution < 1.29 is 4.74 Å². The van der Waals surface area contributed by atoms with Gasteiger partial charge in [0.25, 0.3) is 0 Å². The normalized spacial score (nSPS) is 12.9. The molecule has 1 heterocycles. The van der Waals surface area contributed by atoms with Gasteiger partial charge in [-0.25, -0.2) is 9.97 Å². The average molecular weight is 237 g/mol. The van der Waals surface area contributed by atoms with E-state index in [2.05, 4.69) is 36.1 Å². The van der Waals surface area contributed by atoms with Gasteiger partial charge in [0, 0.05) is 25.4 Å². The van der Waals surface area contributed by atoms with Gasteiger partial charge in [0.05, 0.1) is 0 Å². The minimum atomic E-state index is -0.0259. The molecule has 1 aromatic heterocycles. The van der Waals surface area contributed by atoms with Crippen LogP contribution in [0.2, 0.25) is 0 Å². The highest BCUT2D eigenvalue weighted by Gasteiger charge is 2.18. The van der Waals surface area contributed by atoms with Gasteiger partial charge in [-0.05, 0) is 19.3 Å². The molecule has 17 heavy (non-hydrogen) atoms. The molecule has 1 unspecified atom stereocenters. The molecule has 0 amide bonds. The molecule has 0 saturated heterocycles. The van der Waals surface area contributed by atoms with Crippen LogP contribution in [0.5, 0.6) is 0 Å². The van der Waals surface area contributed by atoms with E-state index in [4.69, 9.17) is 4.74 Å². The van der Waals surface area contributed by atoms with Crippen molar-refractivity contribution in [1.29, 1.82) is 0 Å². The van der Waals surface area contributed by atoms with Gasteiger partial charge in [-0.3, -0.25) is 0 Å². The van der Waals surface area contributed by atoms with E-state index in [1.54, 1.807) is 7.11 Å². The summed E-state index contributed by atoms with van der Waals surface area (Å²) in [5.74, 6) is 2.09. The second kappa shape index (κ2) is 5.96. The van der Waals surface area contributed by atoms with Crippen molar-refractivity contribution in [2.24, 2.45) is 0 Å². The fourth-order valence-corrected chi connectivity index (χ4v) is 2.08. The first-order chi connectivity index (χ1) is 8.04. The van der Waals surface area contributed by atoms with Crippen molar-refractivity contribution in [3.8, 4) is 0 Å². The summed E-state index contributed by atoms with van der Waals surface area (Å²) in [6.45, 7) is 8.41. The Morgan fingerprint density at radius 1 is 1.29 bits per heavy atom. The van der Waals surface area contributed by atoms with E-state index in [0.717, 1.165) is 23.8 Å². The molecule has 1 atom stereocenters. The lowest BCUT2D eigenvalue weighted by atomic mass is 10.0. The van der Waals surface area contributed by atoms with Crippen LogP contribution in [0, 0.1) is 6.92 Å². The molecule has 96 valence electrons. The Hall–Kier alpha value is -1.16. The number of nitrogens with one attached hydrogen (secondary N) is 1. The number of hydrogen-bond acceptors (Lipinski definition) is 4. The van der Waals surface area contributed by atoms with E-state index in [-0.39, 0.29) is 6.10 Å². The molecule has 4 heteroatoms. The lowest BCUT2D eigenvalue weighted by molar-refractivity contribution is 0.0925. The smallest absolute Gasteiger partial charge is 0.159 e. The first-order valence-corrected chi connectivity index (χ1v) is 6.14. The van der Waals surface area contributed by atoms with Crippen LogP contribution < -0.4 is 5.32 Å². The summed E-state index contributed by atoms with van der Waals surface area (Å²) in [5.41, 5.74) is 2.21. The minimum Gasteiger partial charge on any atom is -0.373 e. The number of rotatable bonds is 5. The van der Waals surface area contributed by atoms with Crippen molar-refractivity contribution in [3.63, 3.8) is 0 Å². The standard InChI is InChI=1S/C13H23N3O/c1-7-10(17-6)12-15-9(4)11(8(2)3)13(14-5)16-12/h8,10H,7H2,1-6H3,(H,14,15,16). The number of aryl methyl sites for hydroxylation is 1. The third-order valence-corrected chi connectivity index (χ3v) is 2.91. The summed E-state index contributed by atoms with van der Waals surface area (Å²) in [7, 11) is 3.59. The molecule has 1 rings (SSSR count). The van der Waals surface area contributed by atoms with Gasteiger partial charge in [-0.1, -0.05) is 20.8 Å². The summed E-state index contributed by atoms with van der Waals surface area (Å²) in [6, 6.07) is 0. The Balaban J connectivity index is 3.26. The minimum absolute atomic E-state index is 0.0259. The van der Waals surface area contributed by atoms with Crippen LogP contribution in [0.3, 0.4) is 0 Å². The highest BCUT2D eigenvalue weighted by Crippen LogP contribution is 2.27. The second-order valence-electron chi connectivity index (χ2n) is 4.47. The molecule has 0 aliphatic heterocycles. The summed E-state index contributed by atoms with van der Waals surface area (Å²) >= 11 is 0. The molecule has 0 bridgehead atoms. The third kappa shape index (κ3) is 2.94. The Morgan fingerprint density at radius 3 is 2.35 bits per heavy atom. The predicted octanol–water partition coefficient (Wildman–Crippen LogP) is 3.05. The SMILES string of the molecule is CCC(OC)c1nc(C)c(C(C)C)c(NC)n1. The molecule has 1 N–H and O–H groups in total. The maximum atomic E-state index is 5.39. The first kappa shape index (κ1) is 13.9. The molecule has 0 radical (unpaired) electrons. The Bertz CT molecular complexity index is 373. The number of methoxy groups -OCH3 is 1. The number of aromatic nitrogens is 2. The van der Waals surface area contributed by atoms with Gasteiger partial charge in [0.15, 0.2) is 5.82 Å². The quantitative estimate of drug-likeness (QED) is 0.855. The molecule has 0 saturated carbocycles. The number of hydrogen-bond donors (Lipinski definition) is 1. The summed E-state index contributed by atoms with van der Waals surface area (Å²) in [4.78, 5) is 9.14. The van der Waals surface area contributed by atoms with Gasteiger partial charge < -0.3 is 10.1 Å². The number of nitrogens with zero attached hydrogens (tertiary/aromatic N) is 2. The van der Waals surface area contributed by atoms with Gasteiger partial charge >= 0.3 is 0 Å². The fourth-order valence-electron chi connectivity index (χ4n) is 2.08. The van der Waals surface area contributed by atoms with Gasteiger partial charge in [0.2, 0.25) is 0 Å². The van der Waals surface area contributed by atoms with Crippen molar-refractivity contribution >= 4 is 5.82 Å². The summed E-state index contributed by atoms with van der Waals surface area (Å²) in [5, 5.41) is 3.15. The number of anilines is 1. The summed E-state index contributed by atoms with van der Waals surface area (Å²) in [6.07, 6.45) is 0.849. The van der Waals surface area contributed by atoms with E-state index in [0.29, 0.717) is 5.92 Å². The second-order valence-corrected chi connectivity index (χ2v) is 4.47. The molecule has 0 aliphatic rings. The predicted molar refractivity (Wildman–Crippen MR) is 70.4 cm³/mol. The zero-order chi connectivity index (χ0) is 13.0. The largest absolute Gasteiger partial charge is 0.373 e. The molecular formula is C13H23N3O. The maximum absolute atomic E-state index is 5.39. The van der Waals surface area contributed by atoms with E-state index >= 15 is 0 Å². The molecular weight excluding hydrogens is 214 g/mol. The lowest BCUT2D eigenvalue weighted by Gasteiger charge is -2.18. The molecule has 0 fully saturated rings. The van der Waals surface area contributed by atoms with E-state index < -0.39 is 0 Å². The van der Waals surface area contributed by atoms with Crippen molar-refractivity contribution in [3.05, 3.63) is 17.1 Å². The van der Waals surface area contributed by atoms with Gasteiger partial charge in [-0.2, -0.15) is 0 Å². The van der Waals surface area contributed by atoms with Crippen LogP contribution in [-0.4, -0.2) is 24.1 Å². The lowest BCUT2D eigenvalue weighted by Crippen LogP contribution is -2.12. The Labute approximate surface area is 104 Å². The van der Waals surface area contributed by atoms with E-state index in [1.807, 2.05) is 14.0 Å². The fraction of sp³-hybridized carbons (Fsp3) is 0.692. The first-order valence-electron chi connectivity index (χ1n) is 6.14. The van der Waals surface area contributed by atoms with Gasteiger partial charge in [0.1, 0.15) is 11.9 Å². The monoisotopic (exact) mass is 237 g/mol. The third-order valence-electron chi connectivity index (χ3n) is 2.91. The number of ether oxygens (including phenoxy) is 1. The van der Waals surface area contributed by atoms with Crippen molar-refractivity contribution in [1.82, 2.24) is 9.97 Å². The van der Waals surface area contributed by atoms with Crippen LogP contribution in [-0.2, 0) is 4.74 Å². The maximum Gasteiger partial charge on any atom is 0.159 e. The molecule has 0 aliphatic carbocycles. The van der Waals surface area contributed by atoms with Gasteiger partial charge in [-0.15, -0.1) is 0 Å². The molecule has 0 aromatic carbocycles. The zero-order valence-electron chi connectivity index (χ0n) is 11.7. The highest BCUT2D eigenvalue weighted by molar-refractivity contribution is 5.48. The van der Waals surface area contributed by atoms with Crippen LogP contribution >= 0.6 is 0 Å². The van der Waals surface area contributed by atoms with E-state index in [9.17, 15) is 0 Å². The molecule has 1 aromatic rings. The van der Waals surface area contributed by atoms with Crippen molar-refractivity contribution in [2.45, 2.75) is 46.1 Å². The van der Waals surface area contributed by atoms with E-state index in [1.165, 1.54) is 5.56 Å².